The zero-order valence-corrected chi connectivity index (χ0v) is 19.8. The van der Waals surface area contributed by atoms with Gasteiger partial charge in [0, 0.05) is 18.7 Å². The largest absolute Gasteiger partial charge is 0.492 e. The van der Waals surface area contributed by atoms with Gasteiger partial charge in [-0.05, 0) is 32.3 Å². The number of hydrogen-bond donors (Lipinski definition) is 1. The van der Waals surface area contributed by atoms with Gasteiger partial charge in [0.25, 0.3) is 5.91 Å². The number of imidazole rings is 1. The zero-order chi connectivity index (χ0) is 24.3. The summed E-state index contributed by atoms with van der Waals surface area (Å²) in [6, 6.07) is 11.3. The van der Waals surface area contributed by atoms with Crippen LogP contribution in [0.2, 0.25) is 0 Å². The molecular weight excluding hydrogens is 438 g/mol. The first-order chi connectivity index (χ1) is 16.5. The van der Waals surface area contributed by atoms with Gasteiger partial charge in [0.1, 0.15) is 23.6 Å². The quantitative estimate of drug-likeness (QED) is 0.298. The number of para-hydroxylation sites is 1. The number of aromatic nitrogens is 3. The van der Waals surface area contributed by atoms with Gasteiger partial charge in [0.2, 0.25) is 0 Å². The summed E-state index contributed by atoms with van der Waals surface area (Å²) in [6.45, 7) is 2.75. The Labute approximate surface area is 198 Å². The number of carbonyl (C=O) groups excluding carboxylic acids is 2. The Morgan fingerprint density at radius 3 is 2.71 bits per heavy atom. The van der Waals surface area contributed by atoms with Crippen LogP contribution in [0.3, 0.4) is 0 Å². The van der Waals surface area contributed by atoms with E-state index in [1.807, 2.05) is 42.9 Å². The van der Waals surface area contributed by atoms with Crippen molar-refractivity contribution in [1.82, 2.24) is 24.8 Å². The minimum Gasteiger partial charge on any atom is -0.492 e. The fourth-order valence-electron chi connectivity index (χ4n) is 3.17. The third kappa shape index (κ3) is 7.26. The number of benzene rings is 1. The second-order valence-electron chi connectivity index (χ2n) is 7.87. The lowest BCUT2D eigenvalue weighted by Gasteiger charge is -2.14. The molecule has 0 saturated carbocycles. The van der Waals surface area contributed by atoms with Crippen molar-refractivity contribution < 1.29 is 23.8 Å². The van der Waals surface area contributed by atoms with Crippen molar-refractivity contribution in [2.45, 2.75) is 13.0 Å². The van der Waals surface area contributed by atoms with E-state index in [1.165, 1.54) is 7.11 Å². The second kappa shape index (κ2) is 12.7. The van der Waals surface area contributed by atoms with Crippen LogP contribution in [0.5, 0.6) is 5.75 Å². The normalized spacial score (nSPS) is 11.1. The van der Waals surface area contributed by atoms with Crippen molar-refractivity contribution in [3.63, 3.8) is 0 Å². The number of nitrogens with one attached hydrogen (secondary N) is 1. The summed E-state index contributed by atoms with van der Waals surface area (Å²) < 4.78 is 17.7. The number of esters is 1. The Bertz CT molecular complexity index is 1100. The molecule has 0 fully saturated rings. The lowest BCUT2D eigenvalue weighted by Crippen LogP contribution is -2.28. The molecule has 3 rings (SSSR count). The summed E-state index contributed by atoms with van der Waals surface area (Å²) >= 11 is 0. The molecule has 0 bridgehead atoms. The Balaban J connectivity index is 1.61. The van der Waals surface area contributed by atoms with Crippen LogP contribution >= 0.6 is 0 Å². The Kier molecular flexibility index (Phi) is 9.36. The molecule has 1 N–H and O–H groups in total. The number of carbonyl (C=O) groups is 2. The van der Waals surface area contributed by atoms with Crippen molar-refractivity contribution in [2.75, 3.05) is 54.1 Å². The topological polar surface area (TPSA) is 108 Å². The molecule has 10 heteroatoms. The Morgan fingerprint density at radius 1 is 1.09 bits per heavy atom. The lowest BCUT2D eigenvalue weighted by molar-refractivity contribution is -0.141. The molecule has 0 aliphatic rings. The van der Waals surface area contributed by atoms with Gasteiger partial charge >= 0.3 is 5.97 Å². The number of amides is 1. The fourth-order valence-corrected chi connectivity index (χ4v) is 3.17. The number of nitrogens with zero attached hydrogens (tertiary/aromatic N) is 4. The summed E-state index contributed by atoms with van der Waals surface area (Å²) in [5, 5.41) is 2.77. The number of ether oxygens (including phenoxy) is 3. The monoisotopic (exact) mass is 469 g/mol. The molecule has 0 radical (unpaired) electrons. The molecule has 3 aromatic rings. The number of hydrogen-bond acceptors (Lipinski definition) is 8. The smallest absolute Gasteiger partial charge is 0.307 e. The van der Waals surface area contributed by atoms with E-state index >= 15 is 0 Å². The van der Waals surface area contributed by atoms with Crippen molar-refractivity contribution >= 4 is 23.0 Å². The van der Waals surface area contributed by atoms with E-state index in [0.29, 0.717) is 36.6 Å². The highest BCUT2D eigenvalue weighted by molar-refractivity contribution is 5.94. The molecule has 0 aliphatic heterocycles. The predicted octanol–water partition coefficient (Wildman–Crippen LogP) is 1.73. The van der Waals surface area contributed by atoms with Crippen LogP contribution in [-0.2, 0) is 20.8 Å². The maximum absolute atomic E-state index is 12.5. The van der Waals surface area contributed by atoms with Crippen molar-refractivity contribution in [2.24, 2.45) is 0 Å². The Morgan fingerprint density at radius 2 is 1.91 bits per heavy atom. The Hall–Kier alpha value is -3.50. The number of pyridine rings is 1. The molecule has 0 atom stereocenters. The third-order valence-corrected chi connectivity index (χ3v) is 5.01. The van der Waals surface area contributed by atoms with Gasteiger partial charge in [-0.2, -0.15) is 0 Å². The van der Waals surface area contributed by atoms with Gasteiger partial charge in [-0.15, -0.1) is 0 Å². The van der Waals surface area contributed by atoms with E-state index < -0.39 is 0 Å². The highest BCUT2D eigenvalue weighted by Crippen LogP contribution is 2.21. The second-order valence-corrected chi connectivity index (χ2v) is 7.87. The molecule has 1 amide bonds. The molecule has 2 aromatic heterocycles. The summed E-state index contributed by atoms with van der Waals surface area (Å²) in [5.41, 5.74) is 2.61. The molecule has 0 unspecified atom stereocenters. The van der Waals surface area contributed by atoms with Gasteiger partial charge in [-0.25, -0.2) is 9.97 Å². The van der Waals surface area contributed by atoms with Gasteiger partial charge < -0.3 is 29.0 Å². The van der Waals surface area contributed by atoms with Crippen molar-refractivity contribution in [1.29, 1.82) is 0 Å². The van der Waals surface area contributed by atoms with Gasteiger partial charge in [0.15, 0.2) is 5.65 Å². The van der Waals surface area contributed by atoms with Crippen LogP contribution in [-0.4, -0.2) is 85.4 Å². The van der Waals surface area contributed by atoms with Gasteiger partial charge in [-0.1, -0.05) is 18.2 Å². The summed E-state index contributed by atoms with van der Waals surface area (Å²) in [4.78, 5) is 34.6. The lowest BCUT2D eigenvalue weighted by atomic mass is 10.2. The van der Waals surface area contributed by atoms with Crippen LogP contribution in [0.1, 0.15) is 22.5 Å². The molecule has 34 heavy (non-hydrogen) atoms. The summed E-state index contributed by atoms with van der Waals surface area (Å²) in [5.74, 6) is 0.173. The van der Waals surface area contributed by atoms with Crippen LogP contribution in [0.25, 0.3) is 11.2 Å². The van der Waals surface area contributed by atoms with E-state index in [0.717, 1.165) is 17.9 Å². The SMILES string of the molecule is COC(=O)CCOCCNC(=O)c1ccc2ncn(Cc3ccccc3OCCN(C)C)c2n1. The molecule has 0 spiro atoms. The van der Waals surface area contributed by atoms with E-state index in [4.69, 9.17) is 9.47 Å². The average Bonchev–Trinajstić information content (AvgIpc) is 3.23. The fraction of sp³-hybridized carbons (Fsp3) is 0.417. The van der Waals surface area contributed by atoms with Crippen LogP contribution in [0.15, 0.2) is 42.7 Å². The number of likely N-dealkylation sites (N-methyl/N-ethyl adjacent to an activating group) is 1. The van der Waals surface area contributed by atoms with Gasteiger partial charge in [-0.3, -0.25) is 9.59 Å². The molecule has 1 aromatic carbocycles. The van der Waals surface area contributed by atoms with Crippen LogP contribution in [0, 0.1) is 0 Å². The van der Waals surface area contributed by atoms with Gasteiger partial charge in [0.05, 0.1) is 39.6 Å². The molecule has 0 aliphatic carbocycles. The number of rotatable bonds is 13. The van der Waals surface area contributed by atoms with E-state index in [-0.39, 0.29) is 31.5 Å². The molecule has 0 saturated heterocycles. The van der Waals surface area contributed by atoms with E-state index in [2.05, 4.69) is 24.9 Å². The first kappa shape index (κ1) is 25.1. The first-order valence-corrected chi connectivity index (χ1v) is 11.1. The summed E-state index contributed by atoms with van der Waals surface area (Å²) in [6.07, 6.45) is 1.89. The number of methoxy groups -OCH3 is 1. The van der Waals surface area contributed by atoms with E-state index in [9.17, 15) is 9.59 Å². The third-order valence-electron chi connectivity index (χ3n) is 5.01. The molecule has 2 heterocycles. The van der Waals surface area contributed by atoms with Crippen molar-refractivity contribution in [3.8, 4) is 5.75 Å². The van der Waals surface area contributed by atoms with Crippen LogP contribution in [0.4, 0.5) is 0 Å². The first-order valence-electron chi connectivity index (χ1n) is 11.1. The average molecular weight is 470 g/mol. The number of fused-ring (bicyclic) bond motifs is 1. The van der Waals surface area contributed by atoms with E-state index in [1.54, 1.807) is 18.5 Å². The minimum atomic E-state index is -0.333. The summed E-state index contributed by atoms with van der Waals surface area (Å²) in [7, 11) is 5.34. The van der Waals surface area contributed by atoms with Crippen LogP contribution < -0.4 is 10.1 Å². The maximum atomic E-state index is 12.5. The highest BCUT2D eigenvalue weighted by Gasteiger charge is 2.13. The predicted molar refractivity (Wildman–Crippen MR) is 127 cm³/mol. The highest BCUT2D eigenvalue weighted by atomic mass is 16.5. The van der Waals surface area contributed by atoms with Crippen molar-refractivity contribution in [3.05, 3.63) is 54.0 Å². The molecule has 10 nitrogen and oxygen atoms in total. The molecule has 182 valence electrons. The standard InChI is InChI=1S/C24H31N5O5/c1-28(2)12-15-34-21-7-5-4-6-18(21)16-29-17-26-19-8-9-20(27-23(19)29)24(31)25-11-14-33-13-10-22(30)32-3/h4-9,17H,10-16H2,1-3H3,(H,25,31). The minimum absolute atomic E-state index is 0.177. The zero-order valence-electron chi connectivity index (χ0n) is 19.8. The maximum Gasteiger partial charge on any atom is 0.307 e. The molecular formula is C24H31N5O5.